The predicted octanol–water partition coefficient (Wildman–Crippen LogP) is 5.05. The van der Waals surface area contributed by atoms with Crippen molar-refractivity contribution < 1.29 is 0 Å². The van der Waals surface area contributed by atoms with Crippen LogP contribution in [0, 0.1) is 5.92 Å². The molecule has 0 amide bonds. The first-order chi connectivity index (χ1) is 11.7. The number of imidazole rings is 1. The molecule has 0 saturated heterocycles. The summed E-state index contributed by atoms with van der Waals surface area (Å²) in [6.07, 6.45) is 2.99. The quantitative estimate of drug-likeness (QED) is 0.667. The molecule has 0 aliphatic heterocycles. The van der Waals surface area contributed by atoms with Crippen LogP contribution >= 0.6 is 0 Å². The lowest BCUT2D eigenvalue weighted by molar-refractivity contribution is 0.442. The number of hydrogen-bond acceptors (Lipinski definition) is 2. The van der Waals surface area contributed by atoms with Gasteiger partial charge in [0.1, 0.15) is 5.82 Å². The fourth-order valence-electron chi connectivity index (χ4n) is 2.97. The summed E-state index contributed by atoms with van der Waals surface area (Å²) in [4.78, 5) is 8.05. The maximum atomic E-state index is 4.58. The molecule has 2 aromatic carbocycles. The summed E-state index contributed by atoms with van der Waals surface area (Å²) in [5.74, 6) is 1.63. The summed E-state index contributed by atoms with van der Waals surface area (Å²) < 4.78 is 0. The summed E-state index contributed by atoms with van der Waals surface area (Å²) in [5, 5.41) is 3.35. The molecule has 0 spiro atoms. The van der Waals surface area contributed by atoms with Gasteiger partial charge in [-0.2, -0.15) is 0 Å². The zero-order valence-electron chi connectivity index (χ0n) is 14.6. The molecule has 2 N–H and O–H groups in total. The van der Waals surface area contributed by atoms with Crippen LogP contribution in [0.5, 0.6) is 0 Å². The van der Waals surface area contributed by atoms with Gasteiger partial charge in [0, 0.05) is 0 Å². The lowest BCUT2D eigenvalue weighted by Gasteiger charge is -2.15. The summed E-state index contributed by atoms with van der Waals surface area (Å²) >= 11 is 0. The summed E-state index contributed by atoms with van der Waals surface area (Å²) in [6.45, 7) is 4.47. The minimum absolute atomic E-state index is 0.266. The van der Waals surface area contributed by atoms with Crippen LogP contribution in [0.3, 0.4) is 0 Å². The van der Waals surface area contributed by atoms with E-state index >= 15 is 0 Å². The molecule has 0 saturated carbocycles. The Labute approximate surface area is 144 Å². The van der Waals surface area contributed by atoms with Gasteiger partial charge < -0.3 is 10.3 Å². The van der Waals surface area contributed by atoms with E-state index in [0.717, 1.165) is 23.5 Å². The molecule has 0 bridgehead atoms. The zero-order valence-corrected chi connectivity index (χ0v) is 14.6. The molecule has 0 fully saturated rings. The highest BCUT2D eigenvalue weighted by atomic mass is 15.0. The van der Waals surface area contributed by atoms with E-state index in [4.69, 9.17) is 0 Å². The van der Waals surface area contributed by atoms with Crippen molar-refractivity contribution in [2.24, 2.45) is 5.92 Å². The molecule has 0 aliphatic rings. The van der Waals surface area contributed by atoms with Gasteiger partial charge in [0.15, 0.2) is 0 Å². The van der Waals surface area contributed by atoms with Crippen LogP contribution in [0.25, 0.3) is 22.4 Å². The van der Waals surface area contributed by atoms with Gasteiger partial charge >= 0.3 is 0 Å². The first-order valence-corrected chi connectivity index (χ1v) is 8.55. The summed E-state index contributed by atoms with van der Waals surface area (Å²) in [6, 6.07) is 19.3. The van der Waals surface area contributed by atoms with Crippen molar-refractivity contribution in [3.63, 3.8) is 0 Å². The molecule has 1 heterocycles. The van der Waals surface area contributed by atoms with Gasteiger partial charge in [0.05, 0.1) is 17.9 Å². The molecule has 1 unspecified atom stereocenters. The van der Waals surface area contributed by atoms with E-state index in [1.807, 2.05) is 19.3 Å². The molecule has 0 aliphatic carbocycles. The third kappa shape index (κ3) is 3.74. The number of aromatic nitrogens is 2. The van der Waals surface area contributed by atoms with Crippen molar-refractivity contribution in [1.29, 1.82) is 0 Å². The number of nitrogens with one attached hydrogen (secondary N) is 2. The smallest absolute Gasteiger partial charge is 0.123 e. The van der Waals surface area contributed by atoms with Gasteiger partial charge in [-0.15, -0.1) is 0 Å². The fraction of sp³-hybridized carbons (Fsp3) is 0.286. The largest absolute Gasteiger partial charge is 0.341 e. The van der Waals surface area contributed by atoms with E-state index in [1.54, 1.807) is 0 Å². The second-order valence-electron chi connectivity index (χ2n) is 6.60. The van der Waals surface area contributed by atoms with E-state index in [-0.39, 0.29) is 6.04 Å². The average molecular weight is 319 g/mol. The van der Waals surface area contributed by atoms with Gasteiger partial charge in [0.2, 0.25) is 0 Å². The van der Waals surface area contributed by atoms with E-state index in [9.17, 15) is 0 Å². The zero-order chi connectivity index (χ0) is 16.9. The number of nitrogens with zero attached hydrogens (tertiary/aromatic N) is 1. The Morgan fingerprint density at radius 3 is 2.17 bits per heavy atom. The Morgan fingerprint density at radius 2 is 1.54 bits per heavy atom. The maximum absolute atomic E-state index is 4.58. The third-order valence-corrected chi connectivity index (χ3v) is 4.28. The highest BCUT2D eigenvalue weighted by Crippen LogP contribution is 2.25. The molecule has 1 aromatic heterocycles. The number of benzene rings is 2. The minimum atomic E-state index is 0.266. The van der Waals surface area contributed by atoms with Crippen LogP contribution < -0.4 is 5.32 Å². The molecule has 1 atom stereocenters. The molecule has 3 aromatic rings. The first kappa shape index (κ1) is 16.5. The monoisotopic (exact) mass is 319 g/mol. The lowest BCUT2D eigenvalue weighted by Crippen LogP contribution is -2.19. The third-order valence-electron chi connectivity index (χ3n) is 4.28. The molecule has 3 nitrogen and oxygen atoms in total. The van der Waals surface area contributed by atoms with Gasteiger partial charge in [-0.1, -0.05) is 68.4 Å². The summed E-state index contributed by atoms with van der Waals surface area (Å²) in [7, 11) is 1.99. The molecule has 3 heteroatoms. The molecule has 24 heavy (non-hydrogen) atoms. The standard InChI is InChI=1S/C21H25N3/c1-15(2)13-19(22-3)21-23-14-20(24-21)18-11-9-17(10-12-18)16-7-5-4-6-8-16/h4-12,14-15,19,22H,13H2,1-3H3,(H,23,24). The van der Waals surface area contributed by atoms with E-state index in [2.05, 4.69) is 77.7 Å². The number of aromatic amines is 1. The molecule has 0 radical (unpaired) electrons. The molecular weight excluding hydrogens is 294 g/mol. The SMILES string of the molecule is CNC(CC(C)C)c1ncc(-c2ccc(-c3ccccc3)cc2)[nH]1. The predicted molar refractivity (Wildman–Crippen MR) is 101 cm³/mol. The normalized spacial score (nSPS) is 12.5. The van der Waals surface area contributed by atoms with E-state index < -0.39 is 0 Å². The number of hydrogen-bond donors (Lipinski definition) is 2. The maximum Gasteiger partial charge on any atom is 0.123 e. The van der Waals surface area contributed by atoms with Crippen molar-refractivity contribution >= 4 is 0 Å². The highest BCUT2D eigenvalue weighted by Gasteiger charge is 2.15. The number of rotatable bonds is 6. The first-order valence-electron chi connectivity index (χ1n) is 8.55. The minimum Gasteiger partial charge on any atom is -0.341 e. The molecule has 3 rings (SSSR count). The van der Waals surface area contributed by atoms with E-state index in [1.165, 1.54) is 11.1 Å². The Balaban J connectivity index is 1.80. The number of H-pyrrole nitrogens is 1. The van der Waals surface area contributed by atoms with Crippen molar-refractivity contribution in [3.8, 4) is 22.4 Å². The van der Waals surface area contributed by atoms with Crippen molar-refractivity contribution in [3.05, 3.63) is 66.6 Å². The van der Waals surface area contributed by atoms with E-state index in [0.29, 0.717) is 5.92 Å². The fourth-order valence-corrected chi connectivity index (χ4v) is 2.97. The van der Waals surface area contributed by atoms with Gasteiger partial charge in [-0.05, 0) is 36.1 Å². The van der Waals surface area contributed by atoms with Crippen LogP contribution in [0.1, 0.15) is 32.1 Å². The summed E-state index contributed by atoms with van der Waals surface area (Å²) in [5.41, 5.74) is 4.69. The van der Waals surface area contributed by atoms with Crippen LogP contribution in [0.4, 0.5) is 0 Å². The van der Waals surface area contributed by atoms with Crippen LogP contribution in [-0.2, 0) is 0 Å². The van der Waals surface area contributed by atoms with Gasteiger partial charge in [-0.25, -0.2) is 4.98 Å². The topological polar surface area (TPSA) is 40.7 Å². The van der Waals surface area contributed by atoms with Crippen LogP contribution in [0.15, 0.2) is 60.8 Å². The average Bonchev–Trinajstić information content (AvgIpc) is 3.10. The van der Waals surface area contributed by atoms with Gasteiger partial charge in [-0.3, -0.25) is 0 Å². The highest BCUT2D eigenvalue weighted by molar-refractivity contribution is 5.68. The van der Waals surface area contributed by atoms with Crippen molar-refractivity contribution in [2.75, 3.05) is 7.05 Å². The van der Waals surface area contributed by atoms with Gasteiger partial charge in [0.25, 0.3) is 0 Å². The Kier molecular flexibility index (Phi) is 5.11. The molecule has 124 valence electrons. The Hall–Kier alpha value is -2.39. The molecular formula is C21H25N3. The Bertz CT molecular complexity index is 757. The Morgan fingerprint density at radius 1 is 0.917 bits per heavy atom. The van der Waals surface area contributed by atoms with Crippen molar-refractivity contribution in [2.45, 2.75) is 26.3 Å². The second-order valence-corrected chi connectivity index (χ2v) is 6.60. The van der Waals surface area contributed by atoms with Crippen LogP contribution in [0.2, 0.25) is 0 Å². The lowest BCUT2D eigenvalue weighted by atomic mass is 10.0. The second kappa shape index (κ2) is 7.45. The van der Waals surface area contributed by atoms with Crippen LogP contribution in [-0.4, -0.2) is 17.0 Å². The van der Waals surface area contributed by atoms with Crippen molar-refractivity contribution in [1.82, 2.24) is 15.3 Å².